The van der Waals surface area contributed by atoms with Gasteiger partial charge in [0.25, 0.3) is 0 Å². The van der Waals surface area contributed by atoms with Gasteiger partial charge >= 0.3 is 5.97 Å². The molecule has 0 spiro atoms. The van der Waals surface area contributed by atoms with E-state index in [9.17, 15) is 4.79 Å². The zero-order valence-corrected chi connectivity index (χ0v) is 7.08. The molecule has 0 saturated carbocycles. The Morgan fingerprint density at radius 2 is 2.27 bits per heavy atom. The van der Waals surface area contributed by atoms with E-state index in [0.29, 0.717) is 12.5 Å². The highest BCUT2D eigenvalue weighted by Gasteiger charge is 2.34. The van der Waals surface area contributed by atoms with E-state index in [-0.39, 0.29) is 5.92 Å². The fraction of sp³-hybridized carbons (Fsp3) is 0.875. The van der Waals surface area contributed by atoms with Crippen LogP contribution in [0.3, 0.4) is 0 Å². The smallest absolute Gasteiger partial charge is 0.308 e. The number of rotatable bonds is 2. The molecule has 0 amide bonds. The average molecular weight is 157 g/mol. The molecule has 1 heterocycles. The van der Waals surface area contributed by atoms with Crippen molar-refractivity contribution >= 4 is 5.97 Å². The molecule has 1 aliphatic heterocycles. The molecule has 0 aromatic heterocycles. The second-order valence-electron chi connectivity index (χ2n) is 3.33. The lowest BCUT2D eigenvalue weighted by molar-refractivity contribution is -0.142. The minimum absolute atomic E-state index is 0.134. The van der Waals surface area contributed by atoms with Crippen molar-refractivity contribution in [2.24, 2.45) is 11.8 Å². The van der Waals surface area contributed by atoms with Crippen LogP contribution in [0.1, 0.15) is 13.3 Å². The SMILES string of the molecule is CCC1CN(C)C[C@@H]1C(=O)O. The molecule has 3 heteroatoms. The number of carboxylic acids is 1. The summed E-state index contributed by atoms with van der Waals surface area (Å²) in [5.74, 6) is -0.413. The van der Waals surface area contributed by atoms with E-state index in [1.165, 1.54) is 0 Å². The average Bonchev–Trinajstić information content (AvgIpc) is 2.30. The van der Waals surface area contributed by atoms with Gasteiger partial charge < -0.3 is 10.0 Å². The Labute approximate surface area is 67.0 Å². The zero-order valence-electron chi connectivity index (χ0n) is 7.08. The van der Waals surface area contributed by atoms with Crippen LogP contribution in [-0.2, 0) is 4.79 Å². The maximum atomic E-state index is 10.7. The molecule has 0 aromatic rings. The number of carboxylic acid groups (broad SMARTS) is 1. The highest BCUT2D eigenvalue weighted by molar-refractivity contribution is 5.71. The molecule has 0 aliphatic carbocycles. The first-order chi connectivity index (χ1) is 5.15. The van der Waals surface area contributed by atoms with Crippen LogP contribution >= 0.6 is 0 Å². The highest BCUT2D eigenvalue weighted by Crippen LogP contribution is 2.24. The molecule has 1 saturated heterocycles. The molecule has 1 aliphatic rings. The van der Waals surface area contributed by atoms with E-state index in [2.05, 4.69) is 11.8 Å². The van der Waals surface area contributed by atoms with Gasteiger partial charge in [-0.15, -0.1) is 0 Å². The summed E-state index contributed by atoms with van der Waals surface area (Å²) in [6.07, 6.45) is 0.974. The standard InChI is InChI=1S/C8H15NO2/c1-3-6-4-9(2)5-7(6)8(10)11/h6-7H,3-5H2,1-2H3,(H,10,11)/t6?,7-/m0/s1. The largest absolute Gasteiger partial charge is 0.481 e. The lowest BCUT2D eigenvalue weighted by Crippen LogP contribution is -2.21. The van der Waals surface area contributed by atoms with Crippen molar-refractivity contribution in [1.82, 2.24) is 4.90 Å². The number of likely N-dealkylation sites (tertiary alicyclic amines) is 1. The molecule has 1 rings (SSSR count). The number of aliphatic carboxylic acids is 1. The Balaban J connectivity index is 2.57. The van der Waals surface area contributed by atoms with Crippen molar-refractivity contribution < 1.29 is 9.90 Å². The molecule has 3 nitrogen and oxygen atoms in total. The summed E-state index contributed by atoms with van der Waals surface area (Å²) in [6, 6.07) is 0. The number of hydrogen-bond donors (Lipinski definition) is 1. The van der Waals surface area contributed by atoms with Crippen LogP contribution in [0, 0.1) is 11.8 Å². The first-order valence-corrected chi connectivity index (χ1v) is 4.06. The lowest BCUT2D eigenvalue weighted by Gasteiger charge is -2.10. The van der Waals surface area contributed by atoms with Gasteiger partial charge in [-0.25, -0.2) is 0 Å². The Hall–Kier alpha value is -0.570. The van der Waals surface area contributed by atoms with E-state index < -0.39 is 5.97 Å². The first-order valence-electron chi connectivity index (χ1n) is 4.06. The Morgan fingerprint density at radius 3 is 2.64 bits per heavy atom. The lowest BCUT2D eigenvalue weighted by atomic mass is 9.94. The molecular formula is C8H15NO2. The molecule has 11 heavy (non-hydrogen) atoms. The third-order valence-corrected chi connectivity index (χ3v) is 2.47. The summed E-state index contributed by atoms with van der Waals surface area (Å²) in [6.45, 7) is 3.71. The molecule has 0 bridgehead atoms. The summed E-state index contributed by atoms with van der Waals surface area (Å²) in [5.41, 5.74) is 0. The molecule has 0 aromatic carbocycles. The predicted molar refractivity (Wildman–Crippen MR) is 42.4 cm³/mol. The Morgan fingerprint density at radius 1 is 1.64 bits per heavy atom. The number of carbonyl (C=O) groups is 1. The van der Waals surface area contributed by atoms with Crippen LogP contribution in [0.25, 0.3) is 0 Å². The molecule has 1 fully saturated rings. The van der Waals surface area contributed by atoms with E-state index in [0.717, 1.165) is 13.0 Å². The molecule has 1 N–H and O–H groups in total. The van der Waals surface area contributed by atoms with Gasteiger partial charge in [0.05, 0.1) is 5.92 Å². The van der Waals surface area contributed by atoms with Crippen molar-refractivity contribution in [3.05, 3.63) is 0 Å². The third-order valence-electron chi connectivity index (χ3n) is 2.47. The van der Waals surface area contributed by atoms with Crippen LogP contribution in [0.4, 0.5) is 0 Å². The highest BCUT2D eigenvalue weighted by atomic mass is 16.4. The summed E-state index contributed by atoms with van der Waals surface area (Å²) >= 11 is 0. The summed E-state index contributed by atoms with van der Waals surface area (Å²) < 4.78 is 0. The predicted octanol–water partition coefficient (Wildman–Crippen LogP) is 0.659. The summed E-state index contributed by atoms with van der Waals surface area (Å²) in [5, 5.41) is 8.81. The number of nitrogens with zero attached hydrogens (tertiary/aromatic N) is 1. The van der Waals surface area contributed by atoms with Gasteiger partial charge in [-0.2, -0.15) is 0 Å². The van der Waals surface area contributed by atoms with E-state index in [1.807, 2.05) is 7.05 Å². The quantitative estimate of drug-likeness (QED) is 0.640. The van der Waals surface area contributed by atoms with Gasteiger partial charge in [0.1, 0.15) is 0 Å². The topological polar surface area (TPSA) is 40.5 Å². The minimum Gasteiger partial charge on any atom is -0.481 e. The first kappa shape index (κ1) is 8.53. The molecule has 2 atom stereocenters. The van der Waals surface area contributed by atoms with Crippen molar-refractivity contribution in [1.29, 1.82) is 0 Å². The van der Waals surface area contributed by atoms with Crippen LogP contribution < -0.4 is 0 Å². The second kappa shape index (κ2) is 3.22. The fourth-order valence-electron chi connectivity index (χ4n) is 1.78. The van der Waals surface area contributed by atoms with Gasteiger partial charge in [-0.3, -0.25) is 4.79 Å². The molecule has 1 unspecified atom stereocenters. The normalized spacial score (nSPS) is 32.5. The number of hydrogen-bond acceptors (Lipinski definition) is 2. The maximum absolute atomic E-state index is 10.7. The van der Waals surface area contributed by atoms with Crippen molar-refractivity contribution in [2.45, 2.75) is 13.3 Å². The van der Waals surface area contributed by atoms with Crippen molar-refractivity contribution in [3.63, 3.8) is 0 Å². The Bertz CT molecular complexity index is 158. The van der Waals surface area contributed by atoms with Gasteiger partial charge in [-0.1, -0.05) is 13.3 Å². The van der Waals surface area contributed by atoms with E-state index in [1.54, 1.807) is 0 Å². The monoisotopic (exact) mass is 157 g/mol. The van der Waals surface area contributed by atoms with Crippen molar-refractivity contribution in [3.8, 4) is 0 Å². The molecule has 0 radical (unpaired) electrons. The minimum atomic E-state index is -0.638. The summed E-state index contributed by atoms with van der Waals surface area (Å²) in [7, 11) is 1.98. The third kappa shape index (κ3) is 1.71. The summed E-state index contributed by atoms with van der Waals surface area (Å²) in [4.78, 5) is 12.8. The Kier molecular flexibility index (Phi) is 2.49. The van der Waals surface area contributed by atoms with Gasteiger partial charge in [-0.05, 0) is 13.0 Å². The van der Waals surface area contributed by atoms with Crippen LogP contribution in [0.5, 0.6) is 0 Å². The van der Waals surface area contributed by atoms with Crippen LogP contribution in [-0.4, -0.2) is 36.1 Å². The zero-order chi connectivity index (χ0) is 8.43. The van der Waals surface area contributed by atoms with E-state index >= 15 is 0 Å². The van der Waals surface area contributed by atoms with Crippen LogP contribution in [0.15, 0.2) is 0 Å². The second-order valence-corrected chi connectivity index (χ2v) is 3.33. The van der Waals surface area contributed by atoms with E-state index in [4.69, 9.17) is 5.11 Å². The molecule has 64 valence electrons. The van der Waals surface area contributed by atoms with Crippen LogP contribution in [0.2, 0.25) is 0 Å². The molecular weight excluding hydrogens is 142 g/mol. The van der Waals surface area contributed by atoms with Gasteiger partial charge in [0, 0.05) is 13.1 Å². The van der Waals surface area contributed by atoms with Gasteiger partial charge in [0.2, 0.25) is 0 Å². The fourth-order valence-corrected chi connectivity index (χ4v) is 1.78. The van der Waals surface area contributed by atoms with Gasteiger partial charge in [0.15, 0.2) is 0 Å². The van der Waals surface area contributed by atoms with Crippen molar-refractivity contribution in [2.75, 3.05) is 20.1 Å². The maximum Gasteiger partial charge on any atom is 0.308 e.